The highest BCUT2D eigenvalue weighted by atomic mass is 35.5. The number of halogens is 1. The van der Waals surface area contributed by atoms with Crippen molar-refractivity contribution in [3.8, 4) is 5.75 Å². The topological polar surface area (TPSA) is 66.9 Å². The highest BCUT2D eigenvalue weighted by molar-refractivity contribution is 7.89. The molecule has 0 N–H and O–H groups in total. The van der Waals surface area contributed by atoms with Gasteiger partial charge < -0.3 is 9.64 Å². The van der Waals surface area contributed by atoms with E-state index in [9.17, 15) is 13.2 Å². The lowest BCUT2D eigenvalue weighted by molar-refractivity contribution is -0.123. The molecular formula is C15H21ClN2O4S. The SMILES string of the molecule is COc1ccc(Cl)cc1N1CCN(S(=O)(=O)C(C)C)C(C)C1=O. The van der Waals surface area contributed by atoms with E-state index in [0.717, 1.165) is 0 Å². The minimum atomic E-state index is -3.48. The molecule has 0 spiro atoms. The van der Waals surface area contributed by atoms with E-state index in [4.69, 9.17) is 16.3 Å². The molecule has 1 aromatic rings. The first-order valence-electron chi connectivity index (χ1n) is 7.35. The van der Waals surface area contributed by atoms with E-state index in [2.05, 4.69) is 0 Å². The van der Waals surface area contributed by atoms with Crippen LogP contribution in [0.3, 0.4) is 0 Å². The van der Waals surface area contributed by atoms with Gasteiger partial charge in [-0.25, -0.2) is 8.42 Å². The van der Waals surface area contributed by atoms with Gasteiger partial charge in [0.1, 0.15) is 11.8 Å². The molecule has 1 aliphatic heterocycles. The third-order valence-corrected chi connectivity index (χ3v) is 6.53. The summed E-state index contributed by atoms with van der Waals surface area (Å²) in [5.41, 5.74) is 0.554. The number of hydrogen-bond acceptors (Lipinski definition) is 4. The second-order valence-corrected chi connectivity index (χ2v) is 8.56. The summed E-state index contributed by atoms with van der Waals surface area (Å²) in [4.78, 5) is 14.2. The van der Waals surface area contributed by atoms with Crippen molar-refractivity contribution in [2.24, 2.45) is 0 Å². The van der Waals surface area contributed by atoms with Gasteiger partial charge >= 0.3 is 0 Å². The molecule has 0 saturated carbocycles. The Morgan fingerprint density at radius 2 is 1.96 bits per heavy atom. The number of carbonyl (C=O) groups is 1. The number of piperazine rings is 1. The lowest BCUT2D eigenvalue weighted by atomic mass is 10.1. The van der Waals surface area contributed by atoms with Crippen molar-refractivity contribution in [2.45, 2.75) is 32.1 Å². The van der Waals surface area contributed by atoms with Crippen LogP contribution in [0.1, 0.15) is 20.8 Å². The molecule has 1 saturated heterocycles. The first kappa shape index (κ1) is 18.0. The average Bonchev–Trinajstić information content (AvgIpc) is 2.49. The summed E-state index contributed by atoms with van der Waals surface area (Å²) in [7, 11) is -1.97. The first-order chi connectivity index (χ1) is 10.7. The molecule has 0 bridgehead atoms. The Balaban J connectivity index is 2.35. The smallest absolute Gasteiger partial charge is 0.245 e. The number of sulfonamides is 1. The second kappa shape index (κ2) is 6.67. The number of benzene rings is 1. The number of carbonyl (C=O) groups excluding carboxylic acids is 1. The fraction of sp³-hybridized carbons (Fsp3) is 0.533. The van der Waals surface area contributed by atoms with Crippen molar-refractivity contribution in [2.75, 3.05) is 25.1 Å². The maximum atomic E-state index is 12.7. The molecule has 1 fully saturated rings. The molecule has 1 unspecified atom stereocenters. The van der Waals surface area contributed by atoms with Crippen LogP contribution < -0.4 is 9.64 Å². The number of rotatable bonds is 4. The lowest BCUT2D eigenvalue weighted by Gasteiger charge is -2.39. The van der Waals surface area contributed by atoms with E-state index in [1.165, 1.54) is 16.3 Å². The van der Waals surface area contributed by atoms with Crippen molar-refractivity contribution in [3.05, 3.63) is 23.2 Å². The molecule has 128 valence electrons. The molecule has 1 atom stereocenters. The van der Waals surface area contributed by atoms with Gasteiger partial charge in [0.05, 0.1) is 18.0 Å². The fourth-order valence-corrected chi connectivity index (χ4v) is 4.16. The number of nitrogens with zero attached hydrogens (tertiary/aromatic N) is 2. The highest BCUT2D eigenvalue weighted by Gasteiger charge is 2.40. The summed E-state index contributed by atoms with van der Waals surface area (Å²) in [6.07, 6.45) is 0. The molecule has 2 rings (SSSR count). The highest BCUT2D eigenvalue weighted by Crippen LogP contribution is 2.33. The van der Waals surface area contributed by atoms with Crippen LogP contribution in [-0.2, 0) is 14.8 Å². The Bertz CT molecular complexity index is 705. The monoisotopic (exact) mass is 360 g/mol. The molecule has 1 heterocycles. The van der Waals surface area contributed by atoms with Crippen LogP contribution in [0.4, 0.5) is 5.69 Å². The molecule has 6 nitrogen and oxygen atoms in total. The number of ether oxygens (including phenoxy) is 1. The predicted molar refractivity (Wildman–Crippen MR) is 90.6 cm³/mol. The number of amides is 1. The Kier molecular flexibility index (Phi) is 5.23. The van der Waals surface area contributed by atoms with Crippen LogP contribution in [0, 0.1) is 0 Å². The minimum Gasteiger partial charge on any atom is -0.495 e. The van der Waals surface area contributed by atoms with Gasteiger partial charge in [-0.05, 0) is 39.0 Å². The van der Waals surface area contributed by atoms with Crippen molar-refractivity contribution in [1.29, 1.82) is 0 Å². The molecule has 8 heteroatoms. The summed E-state index contributed by atoms with van der Waals surface area (Å²) in [5.74, 6) is 0.233. The first-order valence-corrected chi connectivity index (χ1v) is 9.23. The zero-order valence-electron chi connectivity index (χ0n) is 13.6. The van der Waals surface area contributed by atoms with Crippen molar-refractivity contribution in [1.82, 2.24) is 4.31 Å². The summed E-state index contributed by atoms with van der Waals surface area (Å²) in [6.45, 7) is 5.32. The van der Waals surface area contributed by atoms with Crippen LogP contribution in [0.2, 0.25) is 5.02 Å². The van der Waals surface area contributed by atoms with Crippen LogP contribution in [0.5, 0.6) is 5.75 Å². The predicted octanol–water partition coefficient (Wildman–Crippen LogP) is 2.12. The molecule has 0 aromatic heterocycles. The fourth-order valence-electron chi connectivity index (χ4n) is 2.58. The molecule has 0 radical (unpaired) electrons. The number of methoxy groups -OCH3 is 1. The zero-order valence-corrected chi connectivity index (χ0v) is 15.2. The summed E-state index contributed by atoms with van der Waals surface area (Å²) in [5, 5.41) is -0.0801. The third-order valence-electron chi connectivity index (χ3n) is 3.95. The Hall–Kier alpha value is -1.31. The van der Waals surface area contributed by atoms with E-state index in [0.29, 0.717) is 16.5 Å². The largest absolute Gasteiger partial charge is 0.495 e. The number of hydrogen-bond donors (Lipinski definition) is 0. The molecule has 23 heavy (non-hydrogen) atoms. The van der Waals surface area contributed by atoms with Gasteiger partial charge in [-0.1, -0.05) is 11.6 Å². The molecule has 0 aliphatic carbocycles. The van der Waals surface area contributed by atoms with Crippen molar-refractivity contribution >= 4 is 33.2 Å². The van der Waals surface area contributed by atoms with Gasteiger partial charge in [-0.15, -0.1) is 0 Å². The summed E-state index contributed by atoms with van der Waals surface area (Å²) >= 11 is 6.02. The van der Waals surface area contributed by atoms with Gasteiger partial charge in [-0.2, -0.15) is 4.31 Å². The molecule has 1 aromatic carbocycles. The maximum absolute atomic E-state index is 12.7. The Morgan fingerprint density at radius 3 is 2.52 bits per heavy atom. The number of anilines is 1. The minimum absolute atomic E-state index is 0.239. The lowest BCUT2D eigenvalue weighted by Crippen LogP contribution is -2.58. The summed E-state index contributed by atoms with van der Waals surface area (Å²) in [6, 6.07) is 4.25. The van der Waals surface area contributed by atoms with Crippen LogP contribution in [-0.4, -0.2) is 50.1 Å². The zero-order chi connectivity index (χ0) is 17.4. The van der Waals surface area contributed by atoms with Gasteiger partial charge in [-0.3, -0.25) is 4.79 Å². The van der Waals surface area contributed by atoms with Gasteiger partial charge in [0.15, 0.2) is 0 Å². The molecular weight excluding hydrogens is 340 g/mol. The average molecular weight is 361 g/mol. The van der Waals surface area contributed by atoms with Crippen LogP contribution in [0.15, 0.2) is 18.2 Å². The Morgan fingerprint density at radius 1 is 1.30 bits per heavy atom. The van der Waals surface area contributed by atoms with Gasteiger partial charge in [0.2, 0.25) is 15.9 Å². The van der Waals surface area contributed by atoms with E-state index in [1.807, 2.05) is 0 Å². The van der Waals surface area contributed by atoms with E-state index in [1.54, 1.807) is 39.0 Å². The van der Waals surface area contributed by atoms with Crippen molar-refractivity contribution < 1.29 is 17.9 Å². The van der Waals surface area contributed by atoms with Gasteiger partial charge in [0.25, 0.3) is 0 Å². The maximum Gasteiger partial charge on any atom is 0.245 e. The second-order valence-electron chi connectivity index (χ2n) is 5.69. The van der Waals surface area contributed by atoms with E-state index >= 15 is 0 Å². The van der Waals surface area contributed by atoms with Gasteiger partial charge in [0, 0.05) is 18.1 Å². The molecule has 1 aliphatic rings. The molecule has 1 amide bonds. The standard InChI is InChI=1S/C15H21ClN2O4S/c1-10(2)23(20,21)18-8-7-17(15(19)11(18)3)13-9-12(16)5-6-14(13)22-4/h5-6,9-11H,7-8H2,1-4H3. The normalized spacial score (nSPS) is 20.2. The Labute approximate surface area is 142 Å². The van der Waals surface area contributed by atoms with Crippen molar-refractivity contribution in [3.63, 3.8) is 0 Å². The third kappa shape index (κ3) is 3.32. The van der Waals surface area contributed by atoms with E-state index in [-0.39, 0.29) is 19.0 Å². The van der Waals surface area contributed by atoms with Crippen LogP contribution >= 0.6 is 11.6 Å². The van der Waals surface area contributed by atoms with E-state index < -0.39 is 21.3 Å². The quantitative estimate of drug-likeness (QED) is 0.824. The summed E-state index contributed by atoms with van der Waals surface area (Å²) < 4.78 is 31.3. The van der Waals surface area contributed by atoms with Crippen LogP contribution in [0.25, 0.3) is 0 Å².